The van der Waals surface area contributed by atoms with Crippen molar-refractivity contribution < 1.29 is 32.3 Å². The van der Waals surface area contributed by atoms with Crippen LogP contribution >= 0.6 is 0 Å². The molecule has 212 valence electrons. The lowest BCUT2D eigenvalue weighted by Crippen LogP contribution is -2.44. The topological polar surface area (TPSA) is 116 Å². The number of amides is 1. The Labute approximate surface area is 243 Å². The van der Waals surface area contributed by atoms with Gasteiger partial charge in [-0.1, -0.05) is 103 Å². The Morgan fingerprint density at radius 2 is 1.26 bits per heavy atom. The zero-order valence-electron chi connectivity index (χ0n) is 22.4. The molecule has 1 atom stereocenters. The Morgan fingerprint density at radius 1 is 0.690 bits per heavy atom. The van der Waals surface area contributed by atoms with Crippen LogP contribution in [-0.4, -0.2) is 38.9 Å². The molecule has 0 saturated carbocycles. The summed E-state index contributed by atoms with van der Waals surface area (Å²) in [6.45, 7) is -0.704. The number of nitrogens with one attached hydrogen (secondary N) is 1. The van der Waals surface area contributed by atoms with Crippen LogP contribution in [0.4, 0.5) is 4.79 Å². The van der Waals surface area contributed by atoms with Crippen molar-refractivity contribution in [2.24, 2.45) is 0 Å². The molecule has 0 spiro atoms. The number of ketones is 1. The number of rotatable bonds is 9. The standard InChI is InChI=1S/C33H27NO7S/c35-31-26-18-10-11-19-28(26)42(38,39)29(30(31)25-16-8-3-9-17-25)22-41-33(37)34-27(20-23-12-4-1-5-13-23)32(36)40-21-24-14-6-2-7-15-24/h1-19,27H,20-22H2,(H,34,37)/t27-/m0/s1. The molecule has 0 bridgehead atoms. The van der Waals surface area contributed by atoms with Crippen LogP contribution in [0, 0.1) is 0 Å². The lowest BCUT2D eigenvalue weighted by molar-refractivity contribution is -0.147. The van der Waals surface area contributed by atoms with E-state index in [0.717, 1.165) is 11.1 Å². The second-order valence-electron chi connectivity index (χ2n) is 9.55. The first-order chi connectivity index (χ1) is 20.3. The van der Waals surface area contributed by atoms with Crippen LogP contribution in [0.2, 0.25) is 0 Å². The van der Waals surface area contributed by atoms with Crippen molar-refractivity contribution >= 4 is 33.3 Å². The molecule has 0 saturated heterocycles. The quantitative estimate of drug-likeness (QED) is 0.272. The van der Waals surface area contributed by atoms with Gasteiger partial charge in [0.15, 0.2) is 5.78 Å². The van der Waals surface area contributed by atoms with Crippen molar-refractivity contribution in [3.8, 4) is 0 Å². The van der Waals surface area contributed by atoms with Gasteiger partial charge in [-0.25, -0.2) is 18.0 Å². The van der Waals surface area contributed by atoms with E-state index in [4.69, 9.17) is 9.47 Å². The molecular formula is C33H27NO7S. The molecule has 1 aliphatic heterocycles. The van der Waals surface area contributed by atoms with Gasteiger partial charge in [0, 0.05) is 17.6 Å². The number of Topliss-reactive ketones (excluding diaryl/α,β-unsaturated/α-hetero) is 1. The molecule has 1 amide bonds. The van der Waals surface area contributed by atoms with Gasteiger partial charge in [0.1, 0.15) is 19.3 Å². The molecule has 1 N–H and O–H groups in total. The fourth-order valence-corrected chi connectivity index (χ4v) is 6.32. The highest BCUT2D eigenvalue weighted by Gasteiger charge is 2.38. The van der Waals surface area contributed by atoms with Crippen LogP contribution in [0.3, 0.4) is 0 Å². The summed E-state index contributed by atoms with van der Waals surface area (Å²) in [4.78, 5) is 39.0. The summed E-state index contributed by atoms with van der Waals surface area (Å²) in [6.07, 6.45) is -0.917. The molecule has 9 heteroatoms. The lowest BCUT2D eigenvalue weighted by Gasteiger charge is -2.23. The molecule has 42 heavy (non-hydrogen) atoms. The molecule has 0 unspecified atom stereocenters. The molecule has 8 nitrogen and oxygen atoms in total. The van der Waals surface area contributed by atoms with Gasteiger partial charge in [0.25, 0.3) is 0 Å². The van der Waals surface area contributed by atoms with Crippen molar-refractivity contribution in [3.63, 3.8) is 0 Å². The molecule has 1 aliphatic rings. The second kappa shape index (κ2) is 12.7. The Balaban J connectivity index is 1.38. The number of carbonyl (C=O) groups is 3. The third-order valence-corrected chi connectivity index (χ3v) is 8.64. The van der Waals surface area contributed by atoms with E-state index in [2.05, 4.69) is 5.32 Å². The SMILES string of the molecule is O=C(N[C@@H](Cc1ccccc1)C(=O)OCc1ccccc1)OCC1=C(c2ccccc2)C(=O)c2ccccc2S1(=O)=O. The third kappa shape index (κ3) is 6.31. The van der Waals surface area contributed by atoms with E-state index in [-0.39, 0.29) is 34.0 Å². The molecule has 1 heterocycles. The summed E-state index contributed by atoms with van der Waals surface area (Å²) in [5.74, 6) is -1.17. The predicted octanol–water partition coefficient (Wildman–Crippen LogP) is 5.15. The van der Waals surface area contributed by atoms with E-state index in [0.29, 0.717) is 5.56 Å². The monoisotopic (exact) mass is 581 g/mol. The van der Waals surface area contributed by atoms with E-state index in [1.807, 2.05) is 36.4 Å². The van der Waals surface area contributed by atoms with Gasteiger partial charge in [-0.2, -0.15) is 0 Å². The van der Waals surface area contributed by atoms with Gasteiger partial charge in [-0.15, -0.1) is 0 Å². The number of benzene rings is 4. The maximum absolute atomic E-state index is 13.6. The molecule has 4 aromatic rings. The first-order valence-corrected chi connectivity index (χ1v) is 14.7. The number of ether oxygens (including phenoxy) is 2. The van der Waals surface area contributed by atoms with Crippen LogP contribution in [0.25, 0.3) is 5.57 Å². The Hall–Kier alpha value is -5.02. The van der Waals surface area contributed by atoms with Crippen molar-refractivity contribution in [2.45, 2.75) is 24.0 Å². The normalized spacial score (nSPS) is 14.4. The Bertz CT molecular complexity index is 1740. The Morgan fingerprint density at radius 3 is 1.93 bits per heavy atom. The molecule has 0 aliphatic carbocycles. The van der Waals surface area contributed by atoms with Crippen LogP contribution in [0.5, 0.6) is 0 Å². The Kier molecular flexibility index (Phi) is 8.59. The second-order valence-corrected chi connectivity index (χ2v) is 11.5. The van der Waals surface area contributed by atoms with E-state index >= 15 is 0 Å². The maximum atomic E-state index is 13.6. The van der Waals surface area contributed by atoms with Gasteiger partial charge >= 0.3 is 12.1 Å². The molecule has 4 aromatic carbocycles. The molecular weight excluding hydrogens is 554 g/mol. The average Bonchev–Trinajstić information content (AvgIpc) is 3.02. The van der Waals surface area contributed by atoms with Gasteiger partial charge in [-0.3, -0.25) is 4.79 Å². The van der Waals surface area contributed by atoms with E-state index in [9.17, 15) is 22.8 Å². The summed E-state index contributed by atoms with van der Waals surface area (Å²) in [7, 11) is -4.18. The van der Waals surface area contributed by atoms with E-state index < -0.39 is 40.3 Å². The predicted molar refractivity (Wildman–Crippen MR) is 156 cm³/mol. The van der Waals surface area contributed by atoms with Gasteiger partial charge in [-0.05, 0) is 28.8 Å². The summed E-state index contributed by atoms with van der Waals surface area (Å²) in [5, 5.41) is 2.52. The number of alkyl carbamates (subject to hydrolysis) is 1. The highest BCUT2D eigenvalue weighted by atomic mass is 32.2. The number of sulfone groups is 1. The minimum absolute atomic E-state index is 0.00871. The van der Waals surface area contributed by atoms with E-state index in [1.54, 1.807) is 60.7 Å². The highest BCUT2D eigenvalue weighted by molar-refractivity contribution is 7.95. The number of hydrogen-bond acceptors (Lipinski definition) is 7. The zero-order valence-corrected chi connectivity index (χ0v) is 23.3. The number of fused-ring (bicyclic) bond motifs is 1. The van der Waals surface area contributed by atoms with Crippen LogP contribution in [0.1, 0.15) is 27.0 Å². The highest BCUT2D eigenvalue weighted by Crippen LogP contribution is 2.37. The van der Waals surface area contributed by atoms with Crippen LogP contribution < -0.4 is 5.32 Å². The summed E-state index contributed by atoms with van der Waals surface area (Å²) in [6, 6.07) is 31.3. The summed E-state index contributed by atoms with van der Waals surface area (Å²) in [5.41, 5.74) is 1.91. The third-order valence-electron chi connectivity index (χ3n) is 6.73. The van der Waals surface area contributed by atoms with Gasteiger partial charge < -0.3 is 14.8 Å². The van der Waals surface area contributed by atoms with Crippen LogP contribution in [-0.2, 0) is 37.1 Å². The van der Waals surface area contributed by atoms with Crippen molar-refractivity contribution in [3.05, 3.63) is 142 Å². The molecule has 5 rings (SSSR count). The number of allylic oxidation sites excluding steroid dienone is 1. The molecule has 0 aromatic heterocycles. The van der Waals surface area contributed by atoms with Crippen molar-refractivity contribution in [1.82, 2.24) is 5.32 Å². The maximum Gasteiger partial charge on any atom is 0.408 e. The van der Waals surface area contributed by atoms with Crippen LogP contribution in [0.15, 0.2) is 125 Å². The summed E-state index contributed by atoms with van der Waals surface area (Å²) < 4.78 is 38.1. The van der Waals surface area contributed by atoms with Gasteiger partial charge in [0.05, 0.1) is 9.80 Å². The fraction of sp³-hybridized carbons (Fsp3) is 0.121. The minimum Gasteiger partial charge on any atom is -0.459 e. The number of esters is 1. The largest absolute Gasteiger partial charge is 0.459 e. The first-order valence-electron chi connectivity index (χ1n) is 13.2. The summed E-state index contributed by atoms with van der Waals surface area (Å²) >= 11 is 0. The number of hydrogen-bond donors (Lipinski definition) is 1. The van der Waals surface area contributed by atoms with E-state index in [1.165, 1.54) is 18.2 Å². The average molecular weight is 582 g/mol. The molecule has 0 radical (unpaired) electrons. The number of carbonyl (C=O) groups excluding carboxylic acids is 3. The molecule has 0 fully saturated rings. The smallest absolute Gasteiger partial charge is 0.408 e. The van der Waals surface area contributed by atoms with Gasteiger partial charge in [0.2, 0.25) is 9.84 Å². The zero-order chi connectivity index (χ0) is 29.5. The van der Waals surface area contributed by atoms with Crippen molar-refractivity contribution in [1.29, 1.82) is 0 Å². The minimum atomic E-state index is -4.18. The lowest BCUT2D eigenvalue weighted by atomic mass is 9.96. The fourth-order valence-electron chi connectivity index (χ4n) is 4.65. The first kappa shape index (κ1) is 28.5. The van der Waals surface area contributed by atoms with Crippen molar-refractivity contribution in [2.75, 3.05) is 6.61 Å².